The molecule has 0 amide bonds. The molecule has 0 aromatic heterocycles. The average Bonchev–Trinajstić information content (AvgIpc) is 2.61. The highest BCUT2D eigenvalue weighted by Gasteiger charge is 2.53. The summed E-state index contributed by atoms with van der Waals surface area (Å²) in [6.07, 6.45) is 5.95. The van der Waals surface area contributed by atoms with Crippen molar-refractivity contribution in [1.29, 1.82) is 0 Å². The third-order valence-corrected chi connectivity index (χ3v) is 3.18. The minimum Gasteiger partial charge on any atom is -0.326 e. The minimum absolute atomic E-state index is 0.403. The second-order valence-corrected chi connectivity index (χ2v) is 3.74. The lowest BCUT2D eigenvalue weighted by Crippen LogP contribution is -2.39. The Morgan fingerprint density at radius 2 is 2.00 bits per heavy atom. The number of rotatable bonds is 0. The smallest absolute Gasteiger partial charge is 0.0388 e. The van der Waals surface area contributed by atoms with Gasteiger partial charge in [-0.3, -0.25) is 0 Å². The molecule has 1 heterocycles. The summed E-state index contributed by atoms with van der Waals surface area (Å²) in [5.74, 6) is 1.50. The van der Waals surface area contributed by atoms with Crippen molar-refractivity contribution in [3.05, 3.63) is 12.2 Å². The monoisotopic (exact) mass is 136 g/mol. The Morgan fingerprint density at radius 1 is 1.20 bits per heavy atom. The molecule has 5 atom stereocenters. The van der Waals surface area contributed by atoms with Crippen LogP contribution >= 0.6 is 0 Å². The highest BCUT2D eigenvalue weighted by Crippen LogP contribution is 2.42. The summed E-state index contributed by atoms with van der Waals surface area (Å²) in [7, 11) is 0. The van der Waals surface area contributed by atoms with Crippen LogP contribution in [0.3, 0.4) is 0 Å². The molecule has 2 aliphatic carbocycles. The topological polar surface area (TPSA) is 48.0 Å². The van der Waals surface area contributed by atoms with Gasteiger partial charge in [0.1, 0.15) is 0 Å². The van der Waals surface area contributed by atoms with Gasteiger partial charge >= 0.3 is 0 Å². The molecular weight excluding hydrogens is 124 g/mol. The number of hydrogen-bond donors (Lipinski definition) is 2. The summed E-state index contributed by atoms with van der Waals surface area (Å²) in [4.78, 5) is 0. The quantitative estimate of drug-likeness (QED) is 0.359. The lowest BCUT2D eigenvalue weighted by atomic mass is 9.84. The van der Waals surface area contributed by atoms with Gasteiger partial charge in [-0.25, -0.2) is 0 Å². The zero-order valence-corrected chi connectivity index (χ0v) is 5.83. The fourth-order valence-corrected chi connectivity index (χ4v) is 2.48. The summed E-state index contributed by atoms with van der Waals surface area (Å²) >= 11 is 0. The van der Waals surface area contributed by atoms with Crippen molar-refractivity contribution >= 4 is 0 Å². The van der Waals surface area contributed by atoms with Gasteiger partial charge in [-0.15, -0.1) is 0 Å². The third-order valence-electron chi connectivity index (χ3n) is 3.18. The number of fused-ring (bicyclic) bond motifs is 4. The first-order valence-corrected chi connectivity index (χ1v) is 4.06. The van der Waals surface area contributed by atoms with E-state index in [1.54, 1.807) is 0 Å². The highest BCUT2D eigenvalue weighted by atomic mass is 15.2. The molecule has 3 aliphatic rings. The molecule has 2 bridgehead atoms. The van der Waals surface area contributed by atoms with Gasteiger partial charge in [0.2, 0.25) is 0 Å². The molecule has 3 N–H and O–H groups in total. The molecule has 10 heavy (non-hydrogen) atoms. The maximum absolute atomic E-state index is 5.99. The van der Waals surface area contributed by atoms with E-state index in [0.29, 0.717) is 18.0 Å². The van der Waals surface area contributed by atoms with Gasteiger partial charge in [-0.2, -0.15) is 0 Å². The molecule has 2 heteroatoms. The van der Waals surface area contributed by atoms with E-state index in [1.807, 2.05) is 0 Å². The van der Waals surface area contributed by atoms with E-state index in [0.717, 1.165) is 12.0 Å². The number of nitrogens with two attached hydrogens (primary N) is 1. The van der Waals surface area contributed by atoms with Crippen LogP contribution < -0.4 is 11.1 Å². The third kappa shape index (κ3) is 0.478. The molecule has 54 valence electrons. The zero-order chi connectivity index (χ0) is 6.72. The van der Waals surface area contributed by atoms with Gasteiger partial charge in [0.25, 0.3) is 0 Å². The summed E-state index contributed by atoms with van der Waals surface area (Å²) in [5.41, 5.74) is 5.99. The Kier molecular flexibility index (Phi) is 0.778. The second-order valence-electron chi connectivity index (χ2n) is 3.74. The summed E-state index contributed by atoms with van der Waals surface area (Å²) in [6, 6.07) is 1.80. The molecule has 2 fully saturated rings. The average molecular weight is 136 g/mol. The van der Waals surface area contributed by atoms with Crippen LogP contribution in [0.5, 0.6) is 0 Å². The van der Waals surface area contributed by atoms with Crippen LogP contribution in [-0.4, -0.2) is 18.1 Å². The molecule has 1 saturated heterocycles. The second kappa shape index (κ2) is 1.46. The van der Waals surface area contributed by atoms with Crippen LogP contribution in [0, 0.1) is 11.8 Å². The van der Waals surface area contributed by atoms with E-state index in [9.17, 15) is 0 Å². The van der Waals surface area contributed by atoms with Gasteiger partial charge < -0.3 is 11.1 Å². The molecular formula is C8H12N2. The SMILES string of the molecule is NC1C2C=CC(C2)C2NC12. The maximum Gasteiger partial charge on any atom is 0.0388 e. The molecule has 0 spiro atoms. The van der Waals surface area contributed by atoms with Crippen molar-refractivity contribution in [1.82, 2.24) is 5.32 Å². The number of nitrogens with one attached hydrogen (secondary N) is 1. The first-order chi connectivity index (χ1) is 4.86. The first kappa shape index (κ1) is 5.33. The Balaban J connectivity index is 1.98. The van der Waals surface area contributed by atoms with Gasteiger partial charge in [-0.1, -0.05) is 12.2 Å². The van der Waals surface area contributed by atoms with Crippen molar-refractivity contribution in [3.8, 4) is 0 Å². The largest absolute Gasteiger partial charge is 0.326 e. The summed E-state index contributed by atoms with van der Waals surface area (Å²) in [6.45, 7) is 0. The van der Waals surface area contributed by atoms with Gasteiger partial charge in [0.05, 0.1) is 0 Å². The van der Waals surface area contributed by atoms with Crippen LogP contribution in [0.15, 0.2) is 12.2 Å². The normalized spacial score (nSPS) is 62.3. The van der Waals surface area contributed by atoms with Crippen LogP contribution in [0.1, 0.15) is 6.42 Å². The predicted octanol–water partition coefficient (Wildman–Crippen LogP) is -0.140. The van der Waals surface area contributed by atoms with Gasteiger partial charge in [0.15, 0.2) is 0 Å². The minimum atomic E-state index is 0.403. The van der Waals surface area contributed by atoms with E-state index < -0.39 is 0 Å². The fraction of sp³-hybridized carbons (Fsp3) is 0.750. The van der Waals surface area contributed by atoms with E-state index in [1.165, 1.54) is 6.42 Å². The Bertz CT molecular complexity index is 199. The Hall–Kier alpha value is -0.340. The summed E-state index contributed by atoms with van der Waals surface area (Å²) < 4.78 is 0. The maximum atomic E-state index is 5.99. The van der Waals surface area contributed by atoms with Gasteiger partial charge in [-0.05, 0) is 18.3 Å². The number of hydrogen-bond acceptors (Lipinski definition) is 2. The van der Waals surface area contributed by atoms with Gasteiger partial charge in [0, 0.05) is 18.1 Å². The van der Waals surface area contributed by atoms with Crippen molar-refractivity contribution < 1.29 is 0 Å². The van der Waals surface area contributed by atoms with E-state index in [4.69, 9.17) is 5.73 Å². The molecule has 1 saturated carbocycles. The van der Waals surface area contributed by atoms with Crippen molar-refractivity contribution in [2.24, 2.45) is 17.6 Å². The van der Waals surface area contributed by atoms with Crippen molar-refractivity contribution in [2.75, 3.05) is 0 Å². The fourth-order valence-electron chi connectivity index (χ4n) is 2.48. The van der Waals surface area contributed by atoms with Crippen LogP contribution in [0.2, 0.25) is 0 Å². The molecule has 5 unspecified atom stereocenters. The molecule has 1 aliphatic heterocycles. The summed E-state index contributed by atoms with van der Waals surface area (Å²) in [5, 5.41) is 3.44. The van der Waals surface area contributed by atoms with Crippen LogP contribution in [0.25, 0.3) is 0 Å². The Labute approximate surface area is 60.5 Å². The standard InChI is InChI=1S/C8H12N2/c9-6-4-1-2-5(3-4)7-8(6)10-7/h1-2,4-8,10H,3,9H2. The highest BCUT2D eigenvalue weighted by molar-refractivity contribution is 5.24. The van der Waals surface area contributed by atoms with Crippen LogP contribution in [-0.2, 0) is 0 Å². The van der Waals surface area contributed by atoms with Crippen molar-refractivity contribution in [3.63, 3.8) is 0 Å². The first-order valence-electron chi connectivity index (χ1n) is 4.06. The molecule has 0 aromatic rings. The molecule has 0 radical (unpaired) electrons. The molecule has 2 nitrogen and oxygen atoms in total. The lowest BCUT2D eigenvalue weighted by Gasteiger charge is -2.22. The van der Waals surface area contributed by atoms with E-state index in [-0.39, 0.29) is 0 Å². The molecule has 0 aromatic carbocycles. The Morgan fingerprint density at radius 3 is 2.90 bits per heavy atom. The van der Waals surface area contributed by atoms with Crippen molar-refractivity contribution in [2.45, 2.75) is 24.5 Å². The van der Waals surface area contributed by atoms with E-state index >= 15 is 0 Å². The predicted molar refractivity (Wildman–Crippen MR) is 39.4 cm³/mol. The van der Waals surface area contributed by atoms with Crippen LogP contribution in [0.4, 0.5) is 0 Å². The zero-order valence-electron chi connectivity index (χ0n) is 5.83. The van der Waals surface area contributed by atoms with E-state index in [2.05, 4.69) is 17.5 Å². The molecule has 3 rings (SSSR count). The lowest BCUT2D eigenvalue weighted by molar-refractivity contribution is 0.384.